The van der Waals surface area contributed by atoms with Crippen molar-refractivity contribution in [2.45, 2.75) is 38.0 Å². The van der Waals surface area contributed by atoms with Gasteiger partial charge in [-0.3, -0.25) is 4.79 Å². The normalized spacial score (nSPS) is 18.9. The number of ketones is 1. The highest BCUT2D eigenvalue weighted by Gasteiger charge is 2.27. The van der Waals surface area contributed by atoms with Crippen LogP contribution in [-0.4, -0.2) is 31.7 Å². The summed E-state index contributed by atoms with van der Waals surface area (Å²) in [6.45, 7) is 4.66. The summed E-state index contributed by atoms with van der Waals surface area (Å²) in [5, 5.41) is 2.80. The maximum Gasteiger partial charge on any atom is 0.153 e. The van der Waals surface area contributed by atoms with Crippen LogP contribution in [0.15, 0.2) is 24.3 Å². The fourth-order valence-corrected chi connectivity index (χ4v) is 3.39. The van der Waals surface area contributed by atoms with Gasteiger partial charge in [0.05, 0.1) is 16.9 Å². The fraction of sp³-hybridized carbons (Fsp3) is 0.533. The van der Waals surface area contributed by atoms with E-state index in [0.29, 0.717) is 6.54 Å². The van der Waals surface area contributed by atoms with E-state index >= 15 is 0 Å². The summed E-state index contributed by atoms with van der Waals surface area (Å²) in [6, 6.07) is 7.86. The molecule has 4 nitrogen and oxygen atoms in total. The second kappa shape index (κ2) is 6.06. The van der Waals surface area contributed by atoms with Crippen LogP contribution < -0.4 is 5.32 Å². The monoisotopic (exact) mass is 295 g/mol. The minimum absolute atomic E-state index is 0.00822. The molecule has 1 atom stereocenters. The van der Waals surface area contributed by atoms with Crippen molar-refractivity contribution in [3.05, 3.63) is 35.4 Å². The third-order valence-corrected chi connectivity index (χ3v) is 6.04. The number of hydrogen-bond acceptors (Lipinski definition) is 4. The van der Waals surface area contributed by atoms with E-state index in [4.69, 9.17) is 0 Å². The molecule has 1 unspecified atom stereocenters. The molecule has 2 rings (SSSR count). The molecule has 0 radical (unpaired) electrons. The first-order chi connectivity index (χ1) is 9.42. The summed E-state index contributed by atoms with van der Waals surface area (Å²) >= 11 is 0. The van der Waals surface area contributed by atoms with Gasteiger partial charge in [0.25, 0.3) is 0 Å². The zero-order valence-corrected chi connectivity index (χ0v) is 12.7. The molecule has 1 heterocycles. The molecule has 1 aliphatic heterocycles. The molecule has 0 spiro atoms. The van der Waals surface area contributed by atoms with Gasteiger partial charge >= 0.3 is 0 Å². The Morgan fingerprint density at radius 3 is 2.75 bits per heavy atom. The van der Waals surface area contributed by atoms with Crippen LogP contribution in [0.4, 0.5) is 0 Å². The highest BCUT2D eigenvalue weighted by molar-refractivity contribution is 7.91. The van der Waals surface area contributed by atoms with Gasteiger partial charge in [-0.15, -0.1) is 0 Å². The van der Waals surface area contributed by atoms with Crippen LogP contribution in [0, 0.1) is 0 Å². The SMILES string of the molecule is CC(C)S(=O)(=O)CCC(=O)C1CNCc2ccccc21. The Kier molecular flexibility index (Phi) is 4.60. The number of benzene rings is 1. The van der Waals surface area contributed by atoms with Crippen molar-refractivity contribution in [3.63, 3.8) is 0 Å². The molecule has 0 aliphatic carbocycles. The summed E-state index contributed by atoms with van der Waals surface area (Å²) in [4.78, 5) is 12.3. The lowest BCUT2D eigenvalue weighted by molar-refractivity contribution is -0.120. The average Bonchev–Trinajstić information content (AvgIpc) is 2.44. The Hall–Kier alpha value is -1.20. The second-order valence-electron chi connectivity index (χ2n) is 5.51. The van der Waals surface area contributed by atoms with E-state index < -0.39 is 15.1 Å². The third-order valence-electron chi connectivity index (χ3n) is 3.83. The van der Waals surface area contributed by atoms with Crippen LogP contribution in [0.2, 0.25) is 0 Å². The van der Waals surface area contributed by atoms with E-state index in [9.17, 15) is 13.2 Å². The molecule has 5 heteroatoms. The van der Waals surface area contributed by atoms with Gasteiger partial charge in [-0.25, -0.2) is 8.42 Å². The van der Waals surface area contributed by atoms with Crippen molar-refractivity contribution < 1.29 is 13.2 Å². The molecule has 0 bridgehead atoms. The Morgan fingerprint density at radius 2 is 2.05 bits per heavy atom. The quantitative estimate of drug-likeness (QED) is 0.897. The summed E-state index contributed by atoms with van der Waals surface area (Å²) in [5.41, 5.74) is 2.17. The zero-order chi connectivity index (χ0) is 14.8. The van der Waals surface area contributed by atoms with E-state index in [2.05, 4.69) is 5.32 Å². The van der Waals surface area contributed by atoms with E-state index in [1.54, 1.807) is 13.8 Å². The number of rotatable bonds is 5. The van der Waals surface area contributed by atoms with Gasteiger partial charge < -0.3 is 5.32 Å². The maximum atomic E-state index is 12.3. The van der Waals surface area contributed by atoms with Crippen molar-refractivity contribution in [1.29, 1.82) is 0 Å². The molecule has 110 valence electrons. The maximum absolute atomic E-state index is 12.3. The number of nitrogens with one attached hydrogen (secondary N) is 1. The third kappa shape index (κ3) is 3.27. The molecule has 0 amide bonds. The van der Waals surface area contributed by atoms with Gasteiger partial charge in [0.2, 0.25) is 0 Å². The van der Waals surface area contributed by atoms with Crippen LogP contribution in [-0.2, 0) is 21.2 Å². The highest BCUT2D eigenvalue weighted by atomic mass is 32.2. The van der Waals surface area contributed by atoms with E-state index in [1.807, 2.05) is 24.3 Å². The first-order valence-corrected chi connectivity index (χ1v) is 8.66. The van der Waals surface area contributed by atoms with Crippen molar-refractivity contribution in [2.75, 3.05) is 12.3 Å². The largest absolute Gasteiger partial charge is 0.312 e. The molecule has 0 aromatic heterocycles. The molecule has 1 aliphatic rings. The van der Waals surface area contributed by atoms with Gasteiger partial charge in [0.1, 0.15) is 5.78 Å². The number of carbonyl (C=O) groups is 1. The summed E-state index contributed by atoms with van der Waals surface area (Å²) in [6.07, 6.45) is 0.0984. The van der Waals surface area contributed by atoms with Crippen molar-refractivity contribution in [2.24, 2.45) is 0 Å². The van der Waals surface area contributed by atoms with Crippen LogP contribution >= 0.6 is 0 Å². The van der Waals surface area contributed by atoms with Gasteiger partial charge in [-0.05, 0) is 25.0 Å². The van der Waals surface area contributed by atoms with Crippen molar-refractivity contribution in [1.82, 2.24) is 5.32 Å². The minimum Gasteiger partial charge on any atom is -0.312 e. The standard InChI is InChI=1S/C15H21NO3S/c1-11(2)20(18,19)8-7-15(17)14-10-16-9-12-5-3-4-6-13(12)14/h3-6,11,14,16H,7-10H2,1-2H3. The Bertz CT molecular complexity index is 593. The van der Waals surface area contributed by atoms with Crippen molar-refractivity contribution >= 4 is 15.6 Å². The first-order valence-electron chi connectivity index (χ1n) is 6.94. The lowest BCUT2D eigenvalue weighted by atomic mass is 9.87. The second-order valence-corrected chi connectivity index (χ2v) is 8.19. The van der Waals surface area contributed by atoms with Crippen LogP contribution in [0.5, 0.6) is 0 Å². The topological polar surface area (TPSA) is 63.2 Å². The molecule has 0 saturated carbocycles. The van der Waals surface area contributed by atoms with Gasteiger partial charge in [0.15, 0.2) is 9.84 Å². The summed E-state index contributed by atoms with van der Waals surface area (Å²) in [7, 11) is -3.15. The number of Topliss-reactive ketones (excluding diaryl/α,β-unsaturated/α-hetero) is 1. The van der Waals surface area contributed by atoms with Gasteiger partial charge in [-0.1, -0.05) is 24.3 Å². The molecular formula is C15H21NO3S. The van der Waals surface area contributed by atoms with E-state index in [0.717, 1.165) is 17.7 Å². The predicted molar refractivity (Wildman–Crippen MR) is 79.4 cm³/mol. The highest BCUT2D eigenvalue weighted by Crippen LogP contribution is 2.25. The molecule has 1 aromatic rings. The fourth-order valence-electron chi connectivity index (χ4n) is 2.44. The van der Waals surface area contributed by atoms with Gasteiger partial charge in [-0.2, -0.15) is 0 Å². The smallest absolute Gasteiger partial charge is 0.153 e. The number of fused-ring (bicyclic) bond motifs is 1. The molecular weight excluding hydrogens is 274 g/mol. The molecule has 20 heavy (non-hydrogen) atoms. The molecule has 1 aromatic carbocycles. The van der Waals surface area contributed by atoms with Gasteiger partial charge in [0, 0.05) is 19.5 Å². The van der Waals surface area contributed by atoms with Crippen molar-refractivity contribution in [3.8, 4) is 0 Å². The number of sulfone groups is 1. The first kappa shape index (κ1) is 15.2. The lowest BCUT2D eigenvalue weighted by Crippen LogP contribution is -2.33. The van der Waals surface area contributed by atoms with Crippen LogP contribution in [0.25, 0.3) is 0 Å². The Labute approximate surface area is 120 Å². The molecule has 0 saturated heterocycles. The van der Waals surface area contributed by atoms with Crippen LogP contribution in [0.1, 0.15) is 37.3 Å². The van der Waals surface area contributed by atoms with Crippen LogP contribution in [0.3, 0.4) is 0 Å². The number of hydrogen-bond donors (Lipinski definition) is 1. The Balaban J connectivity index is 2.08. The van der Waals surface area contributed by atoms with E-state index in [1.165, 1.54) is 0 Å². The minimum atomic E-state index is -3.15. The Morgan fingerprint density at radius 1 is 1.35 bits per heavy atom. The predicted octanol–water partition coefficient (Wildman–Crippen LogP) is 1.66. The summed E-state index contributed by atoms with van der Waals surface area (Å²) in [5.74, 6) is -0.265. The average molecular weight is 295 g/mol. The number of carbonyl (C=O) groups excluding carboxylic acids is 1. The zero-order valence-electron chi connectivity index (χ0n) is 11.9. The lowest BCUT2D eigenvalue weighted by Gasteiger charge is -2.25. The summed E-state index contributed by atoms with van der Waals surface area (Å²) < 4.78 is 23.6. The van der Waals surface area contributed by atoms with E-state index in [-0.39, 0.29) is 23.9 Å². The molecule has 0 fully saturated rings. The molecule has 1 N–H and O–H groups in total.